The molecule has 2 amide bonds. The van der Waals surface area contributed by atoms with Crippen molar-refractivity contribution in [1.82, 2.24) is 0 Å². The van der Waals surface area contributed by atoms with E-state index >= 15 is 0 Å². The summed E-state index contributed by atoms with van der Waals surface area (Å²) >= 11 is 0. The fourth-order valence-corrected chi connectivity index (χ4v) is 2.57. The van der Waals surface area contributed by atoms with Crippen LogP contribution in [0, 0.1) is 5.41 Å². The molecule has 0 unspecified atom stereocenters. The third-order valence-electron chi connectivity index (χ3n) is 4.17. The van der Waals surface area contributed by atoms with Crippen LogP contribution in [-0.4, -0.2) is 18.4 Å². The van der Waals surface area contributed by atoms with Crippen LogP contribution in [0.5, 0.6) is 5.75 Å². The molecule has 2 aromatic rings. The number of carbonyl (C=O) groups excluding carboxylic acids is 2. The summed E-state index contributed by atoms with van der Waals surface area (Å²) in [6.07, 6.45) is -4.64. The molecule has 1 aliphatic rings. The number of rotatable bonds is 2. The predicted molar refractivity (Wildman–Crippen MR) is 93.7 cm³/mol. The summed E-state index contributed by atoms with van der Waals surface area (Å²) in [5, 5.41) is 5.14. The molecule has 0 aromatic heterocycles. The molecule has 0 aliphatic carbocycles. The lowest BCUT2D eigenvalue weighted by atomic mass is 9.94. The summed E-state index contributed by atoms with van der Waals surface area (Å²) in [5.41, 5.74) is -1.67. The third-order valence-corrected chi connectivity index (χ3v) is 4.17. The van der Waals surface area contributed by atoms with Crippen molar-refractivity contribution in [2.75, 3.05) is 17.2 Å². The van der Waals surface area contributed by atoms with Crippen LogP contribution in [0.3, 0.4) is 0 Å². The third kappa shape index (κ3) is 3.89. The molecule has 0 spiro atoms. The van der Waals surface area contributed by atoms with Crippen LogP contribution in [0.2, 0.25) is 0 Å². The predicted octanol–water partition coefficient (Wildman–Crippen LogP) is 4.31. The number of hydrogen-bond acceptors (Lipinski definition) is 3. The van der Waals surface area contributed by atoms with Gasteiger partial charge in [-0.3, -0.25) is 9.59 Å². The van der Waals surface area contributed by atoms with E-state index in [4.69, 9.17) is 4.74 Å². The van der Waals surface area contributed by atoms with Crippen molar-refractivity contribution in [3.63, 3.8) is 0 Å². The molecule has 0 radical (unpaired) electrons. The van der Waals surface area contributed by atoms with Crippen molar-refractivity contribution in [2.24, 2.45) is 5.41 Å². The maximum Gasteiger partial charge on any atom is 0.417 e. The lowest BCUT2D eigenvalue weighted by molar-refractivity contribution is -0.137. The molecule has 0 fully saturated rings. The zero-order valence-electron chi connectivity index (χ0n) is 14.6. The van der Waals surface area contributed by atoms with Crippen LogP contribution >= 0.6 is 0 Å². The van der Waals surface area contributed by atoms with Crippen LogP contribution in [0.1, 0.15) is 29.8 Å². The molecule has 1 aliphatic heterocycles. The Kier molecular flexibility index (Phi) is 4.59. The smallest absolute Gasteiger partial charge is 0.417 e. The summed E-state index contributed by atoms with van der Waals surface area (Å²) in [6.45, 7) is 3.63. The van der Waals surface area contributed by atoms with Crippen LogP contribution in [0.15, 0.2) is 42.5 Å². The van der Waals surface area contributed by atoms with Crippen molar-refractivity contribution in [2.45, 2.75) is 20.0 Å². The minimum absolute atomic E-state index is 0.177. The maximum atomic E-state index is 13.1. The topological polar surface area (TPSA) is 67.4 Å². The zero-order chi connectivity index (χ0) is 19.8. The van der Waals surface area contributed by atoms with Gasteiger partial charge >= 0.3 is 6.18 Å². The first-order valence-corrected chi connectivity index (χ1v) is 8.14. The summed E-state index contributed by atoms with van der Waals surface area (Å²) < 4.78 is 44.9. The summed E-state index contributed by atoms with van der Waals surface area (Å²) in [6, 6.07) is 9.02. The fraction of sp³-hybridized carbons (Fsp3) is 0.263. The second-order valence-electron chi connectivity index (χ2n) is 6.84. The molecule has 8 heteroatoms. The summed E-state index contributed by atoms with van der Waals surface area (Å²) in [7, 11) is 0. The second-order valence-corrected chi connectivity index (χ2v) is 6.84. The largest absolute Gasteiger partial charge is 0.490 e. The van der Waals surface area contributed by atoms with Crippen LogP contribution in [0.25, 0.3) is 0 Å². The highest BCUT2D eigenvalue weighted by Crippen LogP contribution is 2.35. The number of halogens is 3. The van der Waals surface area contributed by atoms with Crippen LogP contribution in [-0.2, 0) is 11.0 Å². The van der Waals surface area contributed by atoms with Gasteiger partial charge in [0.1, 0.15) is 12.4 Å². The summed E-state index contributed by atoms with van der Waals surface area (Å²) in [4.78, 5) is 24.6. The zero-order valence-corrected chi connectivity index (χ0v) is 14.6. The van der Waals surface area contributed by atoms with Gasteiger partial charge in [-0.05, 0) is 44.2 Å². The van der Waals surface area contributed by atoms with Crippen molar-refractivity contribution in [1.29, 1.82) is 0 Å². The van der Waals surface area contributed by atoms with Gasteiger partial charge in [0.25, 0.3) is 5.91 Å². The number of carbonyl (C=O) groups is 2. The van der Waals surface area contributed by atoms with Gasteiger partial charge in [-0.1, -0.05) is 12.1 Å². The molecule has 142 valence electrons. The van der Waals surface area contributed by atoms with Gasteiger partial charge in [-0.2, -0.15) is 13.2 Å². The van der Waals surface area contributed by atoms with Gasteiger partial charge < -0.3 is 15.4 Å². The lowest BCUT2D eigenvalue weighted by Crippen LogP contribution is -2.33. The Hall–Kier alpha value is -3.03. The molecule has 0 saturated carbocycles. The highest BCUT2D eigenvalue weighted by Gasteiger charge is 2.35. The Morgan fingerprint density at radius 3 is 2.59 bits per heavy atom. The van der Waals surface area contributed by atoms with Gasteiger partial charge in [-0.15, -0.1) is 0 Å². The van der Waals surface area contributed by atoms with E-state index < -0.39 is 28.6 Å². The number of nitrogens with one attached hydrogen (secondary N) is 2. The van der Waals surface area contributed by atoms with Crippen molar-refractivity contribution >= 4 is 23.2 Å². The number of benzene rings is 2. The van der Waals surface area contributed by atoms with Crippen molar-refractivity contribution in [3.05, 3.63) is 53.6 Å². The van der Waals surface area contributed by atoms with E-state index in [1.165, 1.54) is 24.3 Å². The molecule has 0 atom stereocenters. The fourth-order valence-electron chi connectivity index (χ4n) is 2.57. The highest BCUT2D eigenvalue weighted by atomic mass is 19.4. The molecular formula is C19H17F3N2O3. The van der Waals surface area contributed by atoms with Crippen LogP contribution in [0.4, 0.5) is 24.5 Å². The second kappa shape index (κ2) is 6.61. The SMILES string of the molecule is CC1(C)COc2ccc(NC(=O)c3ccccc3C(F)(F)F)cc2NC1=O. The molecule has 3 rings (SSSR count). The van der Waals surface area contributed by atoms with E-state index in [0.717, 1.165) is 12.1 Å². The molecule has 2 N–H and O–H groups in total. The average Bonchev–Trinajstić information content (AvgIpc) is 2.70. The van der Waals surface area contributed by atoms with E-state index in [9.17, 15) is 22.8 Å². The number of ether oxygens (including phenoxy) is 1. The Morgan fingerprint density at radius 2 is 1.89 bits per heavy atom. The monoisotopic (exact) mass is 378 g/mol. The highest BCUT2D eigenvalue weighted by molar-refractivity contribution is 6.06. The van der Waals surface area contributed by atoms with Crippen molar-refractivity contribution in [3.8, 4) is 5.75 Å². The van der Waals surface area contributed by atoms with Gasteiger partial charge in [0.2, 0.25) is 5.91 Å². The van der Waals surface area contributed by atoms with Gasteiger partial charge in [-0.25, -0.2) is 0 Å². The van der Waals surface area contributed by atoms with E-state index in [-0.39, 0.29) is 18.2 Å². The number of amides is 2. The Balaban J connectivity index is 1.87. The lowest BCUT2D eigenvalue weighted by Gasteiger charge is -2.18. The van der Waals surface area contributed by atoms with E-state index in [1.54, 1.807) is 19.9 Å². The first-order chi connectivity index (χ1) is 12.6. The van der Waals surface area contributed by atoms with Gasteiger partial charge in [0, 0.05) is 5.69 Å². The average molecular weight is 378 g/mol. The molecule has 2 aromatic carbocycles. The van der Waals surface area contributed by atoms with Crippen LogP contribution < -0.4 is 15.4 Å². The normalized spacial score (nSPS) is 15.8. The van der Waals surface area contributed by atoms with Crippen molar-refractivity contribution < 1.29 is 27.5 Å². The first-order valence-electron chi connectivity index (χ1n) is 8.14. The molecule has 5 nitrogen and oxygen atoms in total. The Morgan fingerprint density at radius 1 is 1.19 bits per heavy atom. The Bertz CT molecular complexity index is 907. The quantitative estimate of drug-likeness (QED) is 0.818. The number of alkyl halides is 3. The van der Waals surface area contributed by atoms with Gasteiger partial charge in [0.05, 0.1) is 22.2 Å². The first kappa shape index (κ1) is 18.8. The Labute approximate surface area is 153 Å². The van der Waals surface area contributed by atoms with E-state index in [2.05, 4.69) is 10.6 Å². The minimum Gasteiger partial charge on any atom is -0.490 e. The molecule has 1 heterocycles. The molecule has 27 heavy (non-hydrogen) atoms. The molecule has 0 bridgehead atoms. The number of fused-ring (bicyclic) bond motifs is 1. The van der Waals surface area contributed by atoms with E-state index in [0.29, 0.717) is 11.4 Å². The maximum absolute atomic E-state index is 13.1. The summed E-state index contributed by atoms with van der Waals surface area (Å²) in [5.74, 6) is -0.737. The number of anilines is 2. The van der Waals surface area contributed by atoms with Gasteiger partial charge in [0.15, 0.2) is 0 Å². The minimum atomic E-state index is -4.64. The molecule has 0 saturated heterocycles. The number of hydrogen-bond donors (Lipinski definition) is 2. The molecular weight excluding hydrogens is 361 g/mol. The van der Waals surface area contributed by atoms with E-state index in [1.807, 2.05) is 0 Å². The standard InChI is InChI=1S/C19H17F3N2O3/c1-18(2)10-27-15-8-7-11(9-14(15)24-17(18)26)23-16(25)12-5-3-4-6-13(12)19(20,21)22/h3-9H,10H2,1-2H3,(H,23,25)(H,24,26).